The van der Waals surface area contributed by atoms with Gasteiger partial charge in [-0.2, -0.15) is 5.26 Å². The Labute approximate surface area is 78.0 Å². The van der Waals surface area contributed by atoms with Crippen molar-refractivity contribution >= 4 is 0 Å². The van der Waals surface area contributed by atoms with E-state index < -0.39 is 0 Å². The second-order valence-electron chi connectivity index (χ2n) is 3.55. The molecule has 1 atom stereocenters. The number of morpholine rings is 1. The van der Waals surface area contributed by atoms with E-state index in [0.717, 1.165) is 32.7 Å². The highest BCUT2D eigenvalue weighted by molar-refractivity contribution is 5.11. The molecule has 2 saturated heterocycles. The van der Waals surface area contributed by atoms with Crippen molar-refractivity contribution in [2.45, 2.75) is 12.0 Å². The van der Waals surface area contributed by atoms with Crippen LogP contribution in [0.1, 0.15) is 6.42 Å². The van der Waals surface area contributed by atoms with Crippen molar-refractivity contribution in [1.29, 1.82) is 5.26 Å². The summed E-state index contributed by atoms with van der Waals surface area (Å²) in [7, 11) is 0. The van der Waals surface area contributed by atoms with E-state index in [2.05, 4.69) is 11.0 Å². The molecule has 0 N–H and O–H groups in total. The van der Waals surface area contributed by atoms with Crippen LogP contribution in [0.25, 0.3) is 0 Å². The maximum absolute atomic E-state index is 9.16. The Kier molecular flexibility index (Phi) is 2.49. The Bertz CT molecular complexity index is 212. The second-order valence-corrected chi connectivity index (χ2v) is 3.55. The zero-order valence-electron chi connectivity index (χ0n) is 7.66. The first kappa shape index (κ1) is 8.95. The molecule has 0 amide bonds. The van der Waals surface area contributed by atoms with Crippen LogP contribution in [0.4, 0.5) is 0 Å². The molecule has 0 saturated carbocycles. The number of hydrogen-bond donors (Lipinski definition) is 0. The SMILES string of the molecule is N#CC1(N2CCOCC2)CCOC1. The number of rotatable bonds is 1. The Hall–Kier alpha value is -0.630. The van der Waals surface area contributed by atoms with Crippen molar-refractivity contribution in [2.24, 2.45) is 0 Å². The molecule has 2 rings (SSSR count). The van der Waals surface area contributed by atoms with Gasteiger partial charge in [0.25, 0.3) is 0 Å². The maximum Gasteiger partial charge on any atom is 0.135 e. The van der Waals surface area contributed by atoms with Crippen LogP contribution in [0.5, 0.6) is 0 Å². The van der Waals surface area contributed by atoms with Crippen LogP contribution in [-0.4, -0.2) is 50.0 Å². The van der Waals surface area contributed by atoms with Crippen molar-refractivity contribution < 1.29 is 9.47 Å². The molecular formula is C9H14N2O2. The molecule has 0 aromatic rings. The van der Waals surface area contributed by atoms with Crippen molar-refractivity contribution in [3.8, 4) is 6.07 Å². The molecule has 2 heterocycles. The van der Waals surface area contributed by atoms with E-state index in [1.54, 1.807) is 0 Å². The highest BCUT2D eigenvalue weighted by Crippen LogP contribution is 2.26. The fourth-order valence-electron chi connectivity index (χ4n) is 1.95. The third-order valence-corrected chi connectivity index (χ3v) is 2.83. The van der Waals surface area contributed by atoms with E-state index in [1.165, 1.54) is 0 Å². The van der Waals surface area contributed by atoms with Crippen LogP contribution in [0.15, 0.2) is 0 Å². The van der Waals surface area contributed by atoms with Crippen LogP contribution < -0.4 is 0 Å². The van der Waals surface area contributed by atoms with Crippen LogP contribution >= 0.6 is 0 Å². The van der Waals surface area contributed by atoms with Gasteiger partial charge < -0.3 is 9.47 Å². The molecule has 0 radical (unpaired) electrons. The largest absolute Gasteiger partial charge is 0.379 e. The molecule has 2 aliphatic heterocycles. The van der Waals surface area contributed by atoms with Gasteiger partial charge in [-0.05, 0) is 0 Å². The van der Waals surface area contributed by atoms with Gasteiger partial charge in [-0.3, -0.25) is 4.90 Å². The fraction of sp³-hybridized carbons (Fsp3) is 0.889. The summed E-state index contributed by atoms with van der Waals surface area (Å²) in [6.45, 7) is 4.47. The zero-order chi connectivity index (χ0) is 9.15. The maximum atomic E-state index is 9.16. The highest BCUT2D eigenvalue weighted by atomic mass is 16.5. The summed E-state index contributed by atoms with van der Waals surface area (Å²) in [6.07, 6.45) is 0.837. The molecule has 4 heteroatoms. The average molecular weight is 182 g/mol. The molecule has 72 valence electrons. The third kappa shape index (κ3) is 1.55. The standard InChI is InChI=1S/C9H14N2O2/c10-7-9(1-4-13-8-9)11-2-5-12-6-3-11/h1-6,8H2. The molecular weight excluding hydrogens is 168 g/mol. The van der Waals surface area contributed by atoms with Gasteiger partial charge in [0.05, 0.1) is 25.9 Å². The van der Waals surface area contributed by atoms with E-state index >= 15 is 0 Å². The predicted molar refractivity (Wildman–Crippen MR) is 46.2 cm³/mol. The highest BCUT2D eigenvalue weighted by Gasteiger charge is 2.41. The van der Waals surface area contributed by atoms with Crippen LogP contribution in [-0.2, 0) is 9.47 Å². The van der Waals surface area contributed by atoms with E-state index in [4.69, 9.17) is 14.7 Å². The first-order valence-corrected chi connectivity index (χ1v) is 4.69. The Morgan fingerprint density at radius 3 is 2.46 bits per heavy atom. The summed E-state index contributed by atoms with van der Waals surface area (Å²) in [5, 5.41) is 9.16. The van der Waals surface area contributed by atoms with Gasteiger partial charge in [0, 0.05) is 26.1 Å². The molecule has 0 aromatic carbocycles. The zero-order valence-corrected chi connectivity index (χ0v) is 7.66. The molecule has 2 aliphatic rings. The fourth-order valence-corrected chi connectivity index (χ4v) is 1.95. The van der Waals surface area contributed by atoms with Gasteiger partial charge in [-0.25, -0.2) is 0 Å². The van der Waals surface area contributed by atoms with Gasteiger partial charge in [0.15, 0.2) is 0 Å². The smallest absolute Gasteiger partial charge is 0.135 e. The summed E-state index contributed by atoms with van der Waals surface area (Å²) in [6, 6.07) is 2.39. The number of nitrogens with zero attached hydrogens (tertiary/aromatic N) is 2. The summed E-state index contributed by atoms with van der Waals surface area (Å²) in [5.74, 6) is 0. The lowest BCUT2D eigenvalue weighted by molar-refractivity contribution is -0.00622. The Morgan fingerprint density at radius 2 is 1.92 bits per heavy atom. The third-order valence-electron chi connectivity index (χ3n) is 2.83. The lowest BCUT2D eigenvalue weighted by atomic mass is 9.98. The molecule has 0 aromatic heterocycles. The quantitative estimate of drug-likeness (QED) is 0.572. The van der Waals surface area contributed by atoms with Gasteiger partial charge in [-0.15, -0.1) is 0 Å². The lowest BCUT2D eigenvalue weighted by Gasteiger charge is -2.37. The first-order chi connectivity index (χ1) is 6.37. The Morgan fingerprint density at radius 1 is 1.15 bits per heavy atom. The summed E-state index contributed by atoms with van der Waals surface area (Å²) in [4.78, 5) is 2.20. The van der Waals surface area contributed by atoms with Crippen molar-refractivity contribution in [3.05, 3.63) is 0 Å². The number of nitriles is 1. The normalized spacial score (nSPS) is 35.9. The minimum absolute atomic E-state index is 0.357. The minimum Gasteiger partial charge on any atom is -0.379 e. The molecule has 1 unspecified atom stereocenters. The van der Waals surface area contributed by atoms with Crippen molar-refractivity contribution in [2.75, 3.05) is 39.5 Å². The molecule has 0 aliphatic carbocycles. The molecule has 0 spiro atoms. The van der Waals surface area contributed by atoms with E-state index in [0.29, 0.717) is 13.2 Å². The van der Waals surface area contributed by atoms with Gasteiger partial charge >= 0.3 is 0 Å². The van der Waals surface area contributed by atoms with Crippen LogP contribution in [0.3, 0.4) is 0 Å². The lowest BCUT2D eigenvalue weighted by Crippen LogP contribution is -2.53. The number of hydrogen-bond acceptors (Lipinski definition) is 4. The second kappa shape index (κ2) is 3.62. The van der Waals surface area contributed by atoms with E-state index in [1.807, 2.05) is 0 Å². The summed E-state index contributed by atoms with van der Waals surface area (Å²) >= 11 is 0. The minimum atomic E-state index is -0.357. The summed E-state index contributed by atoms with van der Waals surface area (Å²) in [5.41, 5.74) is -0.357. The Balaban J connectivity index is 2.06. The van der Waals surface area contributed by atoms with Crippen molar-refractivity contribution in [3.63, 3.8) is 0 Å². The first-order valence-electron chi connectivity index (χ1n) is 4.69. The van der Waals surface area contributed by atoms with Gasteiger partial charge in [0.2, 0.25) is 0 Å². The average Bonchev–Trinajstić information content (AvgIpc) is 2.69. The molecule has 13 heavy (non-hydrogen) atoms. The molecule has 0 bridgehead atoms. The van der Waals surface area contributed by atoms with Gasteiger partial charge in [0.1, 0.15) is 5.54 Å². The topological polar surface area (TPSA) is 45.5 Å². The van der Waals surface area contributed by atoms with E-state index in [-0.39, 0.29) is 5.54 Å². The summed E-state index contributed by atoms with van der Waals surface area (Å²) < 4.78 is 10.6. The monoisotopic (exact) mass is 182 g/mol. The van der Waals surface area contributed by atoms with Crippen LogP contribution in [0, 0.1) is 11.3 Å². The number of ether oxygens (including phenoxy) is 2. The molecule has 4 nitrogen and oxygen atoms in total. The van der Waals surface area contributed by atoms with E-state index in [9.17, 15) is 0 Å². The van der Waals surface area contributed by atoms with Crippen LogP contribution in [0.2, 0.25) is 0 Å². The van der Waals surface area contributed by atoms with Crippen molar-refractivity contribution in [1.82, 2.24) is 4.90 Å². The van der Waals surface area contributed by atoms with Gasteiger partial charge in [-0.1, -0.05) is 0 Å². The molecule has 2 fully saturated rings. The predicted octanol–water partition coefficient (Wildman–Crippen LogP) is 0.00128.